The SMILES string of the molecule is CC[PH](O)(CC)c1cc2c(Nc3ccc4scnc4c3)ncnc2cc1OC. The van der Waals surface area contributed by atoms with E-state index in [1.54, 1.807) is 18.4 Å². The van der Waals surface area contributed by atoms with Gasteiger partial charge in [0.05, 0.1) is 0 Å². The van der Waals surface area contributed by atoms with Crippen molar-refractivity contribution in [1.29, 1.82) is 0 Å². The second-order valence-electron chi connectivity index (χ2n) is 6.69. The molecular weight excluding hydrogens is 391 g/mol. The summed E-state index contributed by atoms with van der Waals surface area (Å²) in [7, 11) is -0.982. The summed E-state index contributed by atoms with van der Waals surface area (Å²) in [4.78, 5) is 24.5. The van der Waals surface area contributed by atoms with Crippen LogP contribution in [0.4, 0.5) is 11.5 Å². The number of hydrogen-bond donors (Lipinski definition) is 2. The van der Waals surface area contributed by atoms with Crippen molar-refractivity contribution >= 4 is 56.8 Å². The van der Waals surface area contributed by atoms with Gasteiger partial charge in [-0.1, -0.05) is 0 Å². The molecule has 2 aromatic heterocycles. The number of benzene rings is 2. The summed E-state index contributed by atoms with van der Waals surface area (Å²) in [6, 6.07) is 9.96. The Kier molecular flexibility index (Phi) is 5.15. The van der Waals surface area contributed by atoms with Crippen molar-refractivity contribution in [3.05, 3.63) is 42.2 Å². The zero-order valence-corrected chi connectivity index (χ0v) is 17.9. The molecule has 4 aromatic rings. The molecule has 0 fully saturated rings. The third kappa shape index (κ3) is 3.30. The van der Waals surface area contributed by atoms with Crippen LogP contribution in [-0.2, 0) is 0 Å². The van der Waals surface area contributed by atoms with E-state index in [2.05, 4.69) is 20.3 Å². The molecule has 0 saturated carbocycles. The molecule has 0 unspecified atom stereocenters. The molecule has 6 nitrogen and oxygen atoms in total. The Morgan fingerprint density at radius 3 is 2.64 bits per heavy atom. The van der Waals surface area contributed by atoms with Crippen LogP contribution < -0.4 is 15.4 Å². The molecule has 146 valence electrons. The van der Waals surface area contributed by atoms with Gasteiger partial charge in [-0.3, -0.25) is 0 Å². The zero-order valence-electron chi connectivity index (χ0n) is 16.1. The summed E-state index contributed by atoms with van der Waals surface area (Å²) in [5, 5.41) is 5.14. The molecule has 2 N–H and O–H groups in total. The van der Waals surface area contributed by atoms with Gasteiger partial charge in [-0.25, -0.2) is 0 Å². The molecule has 2 aromatic carbocycles. The number of thiazole rings is 1. The normalized spacial score (nSPS) is 12.4. The first-order valence-electron chi connectivity index (χ1n) is 9.24. The molecule has 0 aliphatic carbocycles. The summed E-state index contributed by atoms with van der Waals surface area (Å²) < 4.78 is 6.73. The maximum atomic E-state index is 11.2. The fraction of sp³-hybridized carbons (Fsp3) is 0.250. The molecule has 0 saturated heterocycles. The van der Waals surface area contributed by atoms with Gasteiger partial charge in [-0.15, -0.1) is 0 Å². The van der Waals surface area contributed by atoms with E-state index in [1.165, 1.54) is 6.33 Å². The number of anilines is 2. The minimum absolute atomic E-state index is 0.693. The van der Waals surface area contributed by atoms with E-state index in [-0.39, 0.29) is 0 Å². The molecular formula is C20H23N4O2PS. The second-order valence-corrected chi connectivity index (χ2v) is 11.6. The molecule has 0 radical (unpaired) electrons. The number of methoxy groups -OCH3 is 1. The first kappa shape index (κ1) is 19.0. The molecule has 0 spiro atoms. The number of fused-ring (bicyclic) bond motifs is 2. The van der Waals surface area contributed by atoms with Gasteiger partial charge in [0, 0.05) is 0 Å². The molecule has 0 aliphatic heterocycles. The van der Waals surface area contributed by atoms with Crippen LogP contribution in [-0.4, -0.2) is 39.3 Å². The monoisotopic (exact) mass is 414 g/mol. The molecule has 8 heteroatoms. The van der Waals surface area contributed by atoms with Crippen LogP contribution in [0.1, 0.15) is 13.8 Å². The van der Waals surface area contributed by atoms with Crippen LogP contribution in [0.2, 0.25) is 0 Å². The van der Waals surface area contributed by atoms with Crippen molar-refractivity contribution < 1.29 is 9.63 Å². The zero-order chi connectivity index (χ0) is 19.7. The van der Waals surface area contributed by atoms with Crippen molar-refractivity contribution in [2.45, 2.75) is 13.8 Å². The van der Waals surface area contributed by atoms with Crippen molar-refractivity contribution in [3.63, 3.8) is 0 Å². The number of ether oxygens (including phenoxy) is 1. The van der Waals surface area contributed by atoms with Gasteiger partial charge in [0.2, 0.25) is 0 Å². The topological polar surface area (TPSA) is 80.2 Å². The maximum absolute atomic E-state index is 11.2. The van der Waals surface area contributed by atoms with E-state index in [1.807, 2.05) is 49.7 Å². The van der Waals surface area contributed by atoms with Crippen LogP contribution in [0.3, 0.4) is 0 Å². The van der Waals surface area contributed by atoms with Gasteiger partial charge in [0.15, 0.2) is 0 Å². The molecule has 0 atom stereocenters. The fourth-order valence-corrected chi connectivity index (χ4v) is 6.39. The van der Waals surface area contributed by atoms with Crippen molar-refractivity contribution in [1.82, 2.24) is 15.0 Å². The Balaban J connectivity index is 1.84. The van der Waals surface area contributed by atoms with E-state index in [9.17, 15) is 4.89 Å². The van der Waals surface area contributed by atoms with E-state index in [0.29, 0.717) is 11.6 Å². The van der Waals surface area contributed by atoms with Crippen LogP contribution in [0.25, 0.3) is 21.1 Å². The fourth-order valence-electron chi connectivity index (χ4n) is 3.42. The molecule has 0 amide bonds. The Labute approximate surface area is 168 Å². The Morgan fingerprint density at radius 2 is 1.89 bits per heavy atom. The van der Waals surface area contributed by atoms with Gasteiger partial charge < -0.3 is 0 Å². The van der Waals surface area contributed by atoms with Crippen molar-refractivity contribution in [2.75, 3.05) is 24.8 Å². The predicted molar refractivity (Wildman–Crippen MR) is 120 cm³/mol. The summed E-state index contributed by atoms with van der Waals surface area (Å²) >= 11 is 1.62. The third-order valence-corrected chi connectivity index (χ3v) is 9.76. The Bertz CT molecular complexity index is 1140. The van der Waals surface area contributed by atoms with E-state index < -0.39 is 7.49 Å². The first-order chi connectivity index (χ1) is 13.6. The Hall–Kier alpha value is -2.34. The first-order valence-corrected chi connectivity index (χ1v) is 12.5. The van der Waals surface area contributed by atoms with Crippen LogP contribution >= 0.6 is 18.8 Å². The summed E-state index contributed by atoms with van der Waals surface area (Å²) in [6.07, 6.45) is 2.99. The van der Waals surface area contributed by atoms with Gasteiger partial charge in [0.25, 0.3) is 0 Å². The van der Waals surface area contributed by atoms with Gasteiger partial charge in [-0.2, -0.15) is 0 Å². The third-order valence-electron chi connectivity index (χ3n) is 5.22. The van der Waals surface area contributed by atoms with Gasteiger partial charge in [-0.05, 0) is 0 Å². The summed E-state index contributed by atoms with van der Waals surface area (Å²) in [5.41, 5.74) is 4.48. The molecule has 4 rings (SSSR count). The standard InChI is InChI=1S/C20H23N4O2PS/c1-4-27(25,5-2)18-9-14-15(10-17(18)26-3)21-11-22-20(14)24-13-6-7-19-16(8-13)23-12-28-19/h6-12,25,27H,4-5H2,1-3H3,(H,21,22,24). The molecule has 0 bridgehead atoms. The predicted octanol–water partition coefficient (Wildman–Crippen LogP) is 4.31. The van der Waals surface area contributed by atoms with Crippen LogP contribution in [0.15, 0.2) is 42.2 Å². The molecule has 2 heterocycles. The number of nitrogens with zero attached hydrogens (tertiary/aromatic N) is 3. The van der Waals surface area contributed by atoms with Crippen LogP contribution in [0.5, 0.6) is 5.75 Å². The van der Waals surface area contributed by atoms with Gasteiger partial charge >= 0.3 is 168 Å². The quantitative estimate of drug-likeness (QED) is 0.458. The average molecular weight is 414 g/mol. The molecule has 0 aliphatic rings. The van der Waals surface area contributed by atoms with E-state index >= 15 is 0 Å². The number of aromatic nitrogens is 3. The second kappa shape index (κ2) is 7.59. The number of nitrogens with one attached hydrogen (secondary N) is 1. The summed E-state index contributed by atoms with van der Waals surface area (Å²) in [6.45, 7) is 4.06. The number of rotatable bonds is 6. The Morgan fingerprint density at radius 1 is 1.07 bits per heavy atom. The van der Waals surface area contributed by atoms with Crippen molar-refractivity contribution in [3.8, 4) is 5.75 Å². The minimum atomic E-state index is -2.62. The van der Waals surface area contributed by atoms with Crippen molar-refractivity contribution in [2.24, 2.45) is 0 Å². The van der Waals surface area contributed by atoms with Gasteiger partial charge in [0.1, 0.15) is 0 Å². The van der Waals surface area contributed by atoms with Crippen LogP contribution in [0, 0.1) is 0 Å². The number of hydrogen-bond acceptors (Lipinski definition) is 7. The summed E-state index contributed by atoms with van der Waals surface area (Å²) in [5.74, 6) is 1.39. The van der Waals surface area contributed by atoms with E-state index in [4.69, 9.17) is 4.74 Å². The average Bonchev–Trinajstić information content (AvgIpc) is 3.20. The van der Waals surface area contributed by atoms with E-state index in [0.717, 1.165) is 44.4 Å². The molecule has 28 heavy (non-hydrogen) atoms.